The molecule has 1 aliphatic heterocycles. The highest BCUT2D eigenvalue weighted by molar-refractivity contribution is 9.09. The molecule has 33 heavy (non-hydrogen) atoms. The minimum atomic E-state index is -0.779. The van der Waals surface area contributed by atoms with Gasteiger partial charge >= 0.3 is 0 Å². The van der Waals surface area contributed by atoms with E-state index in [-0.39, 0.29) is 28.7 Å². The molecule has 7 heteroatoms. The number of piperidine rings is 1. The largest absolute Gasteiger partial charge is 0.390 e. The van der Waals surface area contributed by atoms with Gasteiger partial charge in [0.05, 0.1) is 23.5 Å². The van der Waals surface area contributed by atoms with E-state index in [0.29, 0.717) is 24.8 Å². The monoisotopic (exact) mass is 521 g/mol. The number of aliphatic hydroxyl groups is 1. The Labute approximate surface area is 207 Å². The molecule has 0 aromatic heterocycles. The number of carbonyl (C=O) groups is 2. The van der Waals surface area contributed by atoms with Crippen LogP contribution in [-0.2, 0) is 16.0 Å². The maximum atomic E-state index is 13.3. The first-order valence-corrected chi connectivity index (χ1v) is 13.4. The van der Waals surface area contributed by atoms with Crippen LogP contribution in [0.4, 0.5) is 0 Å². The Morgan fingerprint density at radius 2 is 1.82 bits per heavy atom. The molecule has 0 spiro atoms. The SMILES string of the molecule is CC(C)(C)NC(=O)[C@@H]1C[C@@H]2CCCC[C@@H]2CN1C[C@@H](O)[C@H](Cc1ccccc1)NC(=O)CBr. The summed E-state index contributed by atoms with van der Waals surface area (Å²) in [6, 6.07) is 9.23. The lowest BCUT2D eigenvalue weighted by Gasteiger charge is -2.47. The van der Waals surface area contributed by atoms with Crippen molar-refractivity contribution in [2.45, 2.75) is 83.0 Å². The molecule has 1 aromatic carbocycles. The fourth-order valence-electron chi connectivity index (χ4n) is 5.39. The molecule has 3 rings (SSSR count). The van der Waals surface area contributed by atoms with Gasteiger partial charge in [-0.1, -0.05) is 65.5 Å². The number of carbonyl (C=O) groups excluding carboxylic acids is 2. The molecule has 184 valence electrons. The Morgan fingerprint density at radius 1 is 1.15 bits per heavy atom. The summed E-state index contributed by atoms with van der Waals surface area (Å²) in [5, 5.41) is 17.6. The molecule has 6 nitrogen and oxygen atoms in total. The van der Waals surface area contributed by atoms with Crippen LogP contribution < -0.4 is 10.6 Å². The molecule has 1 aromatic rings. The van der Waals surface area contributed by atoms with Gasteiger partial charge in [-0.25, -0.2) is 0 Å². The number of amides is 2. The molecule has 3 N–H and O–H groups in total. The molecule has 2 fully saturated rings. The van der Waals surface area contributed by atoms with Crippen molar-refractivity contribution in [3.8, 4) is 0 Å². The highest BCUT2D eigenvalue weighted by Crippen LogP contribution is 2.38. The van der Waals surface area contributed by atoms with E-state index in [0.717, 1.165) is 18.5 Å². The summed E-state index contributed by atoms with van der Waals surface area (Å²) in [7, 11) is 0. The molecule has 0 bridgehead atoms. The standard InChI is InChI=1S/C26H40BrN3O3/c1-26(2,3)29-25(33)22-14-19-11-7-8-12-20(19)16-30(22)17-23(31)21(28-24(32)15-27)13-18-9-5-4-6-10-18/h4-6,9-10,19-23,31H,7-8,11-17H2,1-3H3,(H,28,32)(H,29,33)/t19-,20+,21-,22-,23+/m0/s1. The van der Waals surface area contributed by atoms with Crippen LogP contribution in [0.2, 0.25) is 0 Å². The first kappa shape index (κ1) is 26.2. The number of hydrogen-bond donors (Lipinski definition) is 3. The normalized spacial score (nSPS) is 25.5. The zero-order valence-corrected chi connectivity index (χ0v) is 21.8. The second kappa shape index (κ2) is 11.8. The number of aliphatic hydroxyl groups excluding tert-OH is 1. The summed E-state index contributed by atoms with van der Waals surface area (Å²) in [5.41, 5.74) is 0.759. The molecule has 0 radical (unpaired) electrons. The van der Waals surface area contributed by atoms with E-state index in [1.54, 1.807) is 0 Å². The Hall–Kier alpha value is -1.44. The van der Waals surface area contributed by atoms with Gasteiger partial charge in [-0.15, -0.1) is 0 Å². The smallest absolute Gasteiger partial charge is 0.237 e. The molecule has 0 unspecified atom stereocenters. The molecule has 5 atom stereocenters. The average Bonchev–Trinajstić information content (AvgIpc) is 2.77. The van der Waals surface area contributed by atoms with E-state index in [4.69, 9.17) is 0 Å². The van der Waals surface area contributed by atoms with Gasteiger partial charge in [-0.2, -0.15) is 0 Å². The number of hydrogen-bond acceptors (Lipinski definition) is 4. The first-order valence-electron chi connectivity index (χ1n) is 12.3. The van der Waals surface area contributed by atoms with Gasteiger partial charge in [0.1, 0.15) is 0 Å². The third kappa shape index (κ3) is 7.79. The summed E-state index contributed by atoms with van der Waals surface area (Å²) >= 11 is 3.21. The van der Waals surface area contributed by atoms with Gasteiger partial charge in [0.2, 0.25) is 11.8 Å². The first-order chi connectivity index (χ1) is 15.7. The molecular formula is C26H40BrN3O3. The van der Waals surface area contributed by atoms with Crippen molar-refractivity contribution in [3.63, 3.8) is 0 Å². The van der Waals surface area contributed by atoms with Gasteiger partial charge in [-0.3, -0.25) is 14.5 Å². The van der Waals surface area contributed by atoms with E-state index in [1.807, 2.05) is 51.1 Å². The number of nitrogens with one attached hydrogen (secondary N) is 2. The predicted octanol–water partition coefficient (Wildman–Crippen LogP) is 3.27. The van der Waals surface area contributed by atoms with Crippen molar-refractivity contribution in [1.82, 2.24) is 15.5 Å². The van der Waals surface area contributed by atoms with E-state index in [1.165, 1.54) is 25.7 Å². The lowest BCUT2D eigenvalue weighted by atomic mass is 9.72. The number of likely N-dealkylation sites (tertiary alicyclic amines) is 1. The van der Waals surface area contributed by atoms with Crippen LogP contribution in [0, 0.1) is 11.8 Å². The minimum absolute atomic E-state index is 0.0443. The average molecular weight is 523 g/mol. The third-order valence-electron chi connectivity index (χ3n) is 6.96. The highest BCUT2D eigenvalue weighted by atomic mass is 79.9. The summed E-state index contributed by atoms with van der Waals surface area (Å²) < 4.78 is 0. The topological polar surface area (TPSA) is 81.7 Å². The fourth-order valence-corrected chi connectivity index (χ4v) is 5.55. The maximum absolute atomic E-state index is 13.3. The molecule has 2 amide bonds. The Kier molecular flexibility index (Phi) is 9.36. The van der Waals surface area contributed by atoms with Gasteiger partial charge in [0.15, 0.2) is 0 Å². The number of rotatable bonds is 8. The van der Waals surface area contributed by atoms with E-state index < -0.39 is 12.1 Å². The zero-order valence-electron chi connectivity index (χ0n) is 20.2. The second-order valence-corrected chi connectivity index (χ2v) is 11.4. The Balaban J connectivity index is 1.76. The number of nitrogens with zero attached hydrogens (tertiary/aromatic N) is 1. The van der Waals surface area contributed by atoms with Gasteiger partial charge < -0.3 is 15.7 Å². The summed E-state index contributed by atoms with van der Waals surface area (Å²) in [5.74, 6) is 1.05. The van der Waals surface area contributed by atoms with Crippen molar-refractivity contribution < 1.29 is 14.7 Å². The van der Waals surface area contributed by atoms with Gasteiger partial charge in [0, 0.05) is 18.6 Å². The minimum Gasteiger partial charge on any atom is -0.390 e. The van der Waals surface area contributed by atoms with Gasteiger partial charge in [0.25, 0.3) is 0 Å². The van der Waals surface area contributed by atoms with E-state index >= 15 is 0 Å². The molecule has 1 aliphatic carbocycles. The lowest BCUT2D eigenvalue weighted by Crippen LogP contribution is -2.60. The van der Waals surface area contributed by atoms with Crippen LogP contribution in [0.3, 0.4) is 0 Å². The zero-order chi connectivity index (χ0) is 24.0. The van der Waals surface area contributed by atoms with Crippen molar-refractivity contribution in [1.29, 1.82) is 0 Å². The molecular weight excluding hydrogens is 482 g/mol. The molecule has 1 saturated carbocycles. The van der Waals surface area contributed by atoms with Crippen LogP contribution in [0.1, 0.15) is 58.4 Å². The van der Waals surface area contributed by atoms with Crippen molar-refractivity contribution >= 4 is 27.7 Å². The van der Waals surface area contributed by atoms with Crippen molar-refractivity contribution in [3.05, 3.63) is 35.9 Å². The maximum Gasteiger partial charge on any atom is 0.237 e. The summed E-state index contributed by atoms with van der Waals surface area (Å²) in [6.45, 7) is 7.20. The Morgan fingerprint density at radius 3 is 2.45 bits per heavy atom. The quantitative estimate of drug-likeness (QED) is 0.458. The summed E-state index contributed by atoms with van der Waals surface area (Å²) in [4.78, 5) is 27.6. The van der Waals surface area contributed by atoms with Crippen molar-refractivity contribution in [2.24, 2.45) is 11.8 Å². The number of β-amino-alcohol motifs (C(OH)–C–C–N with tert-alkyl or cyclic N) is 1. The van der Waals surface area contributed by atoms with E-state index in [2.05, 4.69) is 31.5 Å². The number of halogens is 1. The fraction of sp³-hybridized carbons (Fsp3) is 0.692. The number of benzene rings is 1. The van der Waals surface area contributed by atoms with Crippen molar-refractivity contribution in [2.75, 3.05) is 18.4 Å². The molecule has 1 heterocycles. The van der Waals surface area contributed by atoms with Crippen LogP contribution in [-0.4, -0.2) is 64.0 Å². The number of fused-ring (bicyclic) bond motifs is 1. The van der Waals surface area contributed by atoms with Crippen LogP contribution in [0.15, 0.2) is 30.3 Å². The molecule has 2 aliphatic rings. The summed E-state index contributed by atoms with van der Waals surface area (Å²) in [6.07, 6.45) is 5.48. The van der Waals surface area contributed by atoms with Crippen LogP contribution >= 0.6 is 15.9 Å². The lowest BCUT2D eigenvalue weighted by molar-refractivity contribution is -0.133. The van der Waals surface area contributed by atoms with Gasteiger partial charge in [-0.05, 0) is 57.4 Å². The Bertz CT molecular complexity index is 783. The second-order valence-electron chi connectivity index (χ2n) is 10.8. The van der Waals surface area contributed by atoms with Crippen LogP contribution in [0.5, 0.6) is 0 Å². The molecule has 1 saturated heterocycles. The number of alkyl halides is 1. The predicted molar refractivity (Wildman–Crippen MR) is 135 cm³/mol. The third-order valence-corrected chi connectivity index (χ3v) is 7.46. The van der Waals surface area contributed by atoms with E-state index in [9.17, 15) is 14.7 Å². The highest BCUT2D eigenvalue weighted by Gasteiger charge is 2.41. The van der Waals surface area contributed by atoms with Crippen LogP contribution in [0.25, 0.3) is 0 Å².